The number of rotatable bonds is 6. The SMILES string of the molecule is COc1ccccc1N1CCN(CC(O)CC2CCCO2)CC1. The molecule has 2 aliphatic rings. The van der Waals surface area contributed by atoms with Gasteiger partial charge in [-0.05, 0) is 25.0 Å². The molecule has 0 aliphatic carbocycles. The number of hydrogen-bond donors (Lipinski definition) is 1. The van der Waals surface area contributed by atoms with Gasteiger partial charge in [0.15, 0.2) is 0 Å². The first kappa shape index (κ1) is 16.6. The van der Waals surface area contributed by atoms with E-state index in [-0.39, 0.29) is 12.2 Å². The third-order valence-electron chi connectivity index (χ3n) is 4.83. The van der Waals surface area contributed by atoms with Crippen molar-refractivity contribution in [1.82, 2.24) is 4.90 Å². The van der Waals surface area contributed by atoms with Crippen LogP contribution in [0.1, 0.15) is 19.3 Å². The summed E-state index contributed by atoms with van der Waals surface area (Å²) in [4.78, 5) is 4.72. The average molecular weight is 320 g/mol. The van der Waals surface area contributed by atoms with E-state index in [1.165, 1.54) is 0 Å². The fourth-order valence-corrected chi connectivity index (χ4v) is 3.57. The normalized spacial score (nSPS) is 23.9. The predicted octanol–water partition coefficient (Wildman–Crippen LogP) is 1.75. The zero-order chi connectivity index (χ0) is 16.1. The number of para-hydroxylation sites is 2. The van der Waals surface area contributed by atoms with Crippen molar-refractivity contribution in [2.45, 2.75) is 31.5 Å². The fourth-order valence-electron chi connectivity index (χ4n) is 3.57. The van der Waals surface area contributed by atoms with Gasteiger partial charge in [0.2, 0.25) is 0 Å². The lowest BCUT2D eigenvalue weighted by atomic mass is 10.1. The average Bonchev–Trinajstić information content (AvgIpc) is 3.08. The van der Waals surface area contributed by atoms with Gasteiger partial charge in [-0.1, -0.05) is 12.1 Å². The molecule has 2 atom stereocenters. The van der Waals surface area contributed by atoms with Crippen LogP contribution in [0.25, 0.3) is 0 Å². The highest BCUT2D eigenvalue weighted by atomic mass is 16.5. The first-order valence-corrected chi connectivity index (χ1v) is 8.66. The van der Waals surface area contributed by atoms with Crippen LogP contribution < -0.4 is 9.64 Å². The topological polar surface area (TPSA) is 45.2 Å². The highest BCUT2D eigenvalue weighted by Gasteiger charge is 2.24. The molecule has 5 heteroatoms. The molecule has 2 fully saturated rings. The maximum absolute atomic E-state index is 10.3. The van der Waals surface area contributed by atoms with Gasteiger partial charge in [0, 0.05) is 45.8 Å². The molecular weight excluding hydrogens is 292 g/mol. The highest BCUT2D eigenvalue weighted by molar-refractivity contribution is 5.58. The van der Waals surface area contributed by atoms with Crippen LogP contribution in [0, 0.1) is 0 Å². The van der Waals surface area contributed by atoms with Crippen LogP contribution in [0.4, 0.5) is 5.69 Å². The monoisotopic (exact) mass is 320 g/mol. The molecule has 2 saturated heterocycles. The van der Waals surface area contributed by atoms with E-state index in [1.807, 2.05) is 12.1 Å². The van der Waals surface area contributed by atoms with Crippen molar-refractivity contribution < 1.29 is 14.6 Å². The molecule has 0 aromatic heterocycles. The zero-order valence-electron chi connectivity index (χ0n) is 14.0. The summed E-state index contributed by atoms with van der Waals surface area (Å²) in [5, 5.41) is 10.3. The van der Waals surface area contributed by atoms with E-state index in [0.29, 0.717) is 0 Å². The number of ether oxygens (including phenoxy) is 2. The first-order chi connectivity index (χ1) is 11.3. The smallest absolute Gasteiger partial charge is 0.142 e. The Morgan fingerprint density at radius 3 is 2.74 bits per heavy atom. The molecule has 1 aromatic carbocycles. The predicted molar refractivity (Wildman–Crippen MR) is 91.2 cm³/mol. The van der Waals surface area contributed by atoms with Crippen molar-refractivity contribution in [3.63, 3.8) is 0 Å². The van der Waals surface area contributed by atoms with Crippen molar-refractivity contribution >= 4 is 5.69 Å². The molecule has 0 radical (unpaired) electrons. The minimum absolute atomic E-state index is 0.264. The Labute approximate surface area is 138 Å². The molecule has 0 bridgehead atoms. The lowest BCUT2D eigenvalue weighted by Crippen LogP contribution is -2.49. The van der Waals surface area contributed by atoms with E-state index >= 15 is 0 Å². The molecule has 128 valence electrons. The van der Waals surface area contributed by atoms with Crippen LogP contribution in [0.15, 0.2) is 24.3 Å². The van der Waals surface area contributed by atoms with Crippen LogP contribution in [0.5, 0.6) is 5.75 Å². The number of aliphatic hydroxyl groups excluding tert-OH is 1. The molecule has 0 amide bonds. The Balaban J connectivity index is 1.46. The second-order valence-corrected chi connectivity index (χ2v) is 6.48. The van der Waals surface area contributed by atoms with Gasteiger partial charge >= 0.3 is 0 Å². The Hall–Kier alpha value is -1.30. The van der Waals surface area contributed by atoms with Gasteiger partial charge in [0.1, 0.15) is 5.75 Å². The molecule has 1 aromatic rings. The van der Waals surface area contributed by atoms with Crippen LogP contribution in [0.2, 0.25) is 0 Å². The quantitative estimate of drug-likeness (QED) is 0.865. The van der Waals surface area contributed by atoms with Crippen LogP contribution in [-0.2, 0) is 4.74 Å². The molecule has 2 aliphatic heterocycles. The highest BCUT2D eigenvalue weighted by Crippen LogP contribution is 2.28. The van der Waals surface area contributed by atoms with Crippen molar-refractivity contribution in [3.8, 4) is 5.75 Å². The Bertz CT molecular complexity index is 483. The molecule has 2 heterocycles. The van der Waals surface area contributed by atoms with Crippen LogP contribution >= 0.6 is 0 Å². The molecule has 1 N–H and O–H groups in total. The standard InChI is InChI=1S/C18H28N2O3/c1-22-18-7-3-2-6-17(18)20-10-8-19(9-11-20)14-15(21)13-16-5-4-12-23-16/h2-3,6-7,15-16,21H,4-5,8-14H2,1H3. The first-order valence-electron chi connectivity index (χ1n) is 8.66. The van der Waals surface area contributed by atoms with Crippen molar-refractivity contribution in [2.24, 2.45) is 0 Å². The molecule has 23 heavy (non-hydrogen) atoms. The lowest BCUT2D eigenvalue weighted by molar-refractivity contribution is 0.0355. The van der Waals surface area contributed by atoms with E-state index in [0.717, 1.165) is 70.0 Å². The van der Waals surface area contributed by atoms with Crippen molar-refractivity contribution in [3.05, 3.63) is 24.3 Å². The Morgan fingerprint density at radius 2 is 2.04 bits per heavy atom. The molecule has 0 saturated carbocycles. The molecule has 0 spiro atoms. The minimum atomic E-state index is -0.282. The largest absolute Gasteiger partial charge is 0.495 e. The summed E-state index contributed by atoms with van der Waals surface area (Å²) < 4.78 is 11.1. The van der Waals surface area contributed by atoms with Crippen LogP contribution in [0.3, 0.4) is 0 Å². The fraction of sp³-hybridized carbons (Fsp3) is 0.667. The molecule has 2 unspecified atom stereocenters. The summed E-state index contributed by atoms with van der Waals surface area (Å²) in [6.07, 6.45) is 2.98. The maximum Gasteiger partial charge on any atom is 0.142 e. The maximum atomic E-state index is 10.3. The summed E-state index contributed by atoms with van der Waals surface area (Å²) in [6.45, 7) is 5.48. The van der Waals surface area contributed by atoms with Crippen LogP contribution in [-0.4, -0.2) is 68.7 Å². The zero-order valence-corrected chi connectivity index (χ0v) is 14.0. The van der Waals surface area contributed by atoms with Gasteiger partial charge in [0.05, 0.1) is 25.0 Å². The minimum Gasteiger partial charge on any atom is -0.495 e. The lowest BCUT2D eigenvalue weighted by Gasteiger charge is -2.37. The van der Waals surface area contributed by atoms with E-state index < -0.39 is 0 Å². The number of β-amino-alcohol motifs (C(OH)–C–C–N with tert-alkyl or cyclic N) is 1. The number of methoxy groups -OCH3 is 1. The van der Waals surface area contributed by atoms with Gasteiger partial charge in [-0.2, -0.15) is 0 Å². The number of nitrogens with zero attached hydrogens (tertiary/aromatic N) is 2. The molecular formula is C18H28N2O3. The van der Waals surface area contributed by atoms with Gasteiger partial charge in [0.25, 0.3) is 0 Å². The van der Waals surface area contributed by atoms with E-state index in [1.54, 1.807) is 7.11 Å². The van der Waals surface area contributed by atoms with Gasteiger partial charge in [-0.3, -0.25) is 4.90 Å². The van der Waals surface area contributed by atoms with E-state index in [4.69, 9.17) is 9.47 Å². The third kappa shape index (κ3) is 4.37. The number of anilines is 1. The second kappa shape index (κ2) is 7.99. The van der Waals surface area contributed by atoms with Gasteiger partial charge in [-0.25, -0.2) is 0 Å². The molecule has 3 rings (SSSR count). The Morgan fingerprint density at radius 1 is 1.26 bits per heavy atom. The Kier molecular flexibility index (Phi) is 5.75. The number of aliphatic hydroxyl groups is 1. The van der Waals surface area contributed by atoms with Crippen molar-refractivity contribution in [1.29, 1.82) is 0 Å². The number of hydrogen-bond acceptors (Lipinski definition) is 5. The number of benzene rings is 1. The van der Waals surface area contributed by atoms with Gasteiger partial charge < -0.3 is 19.5 Å². The van der Waals surface area contributed by atoms with Gasteiger partial charge in [-0.15, -0.1) is 0 Å². The summed E-state index contributed by atoms with van der Waals surface area (Å²) in [5.74, 6) is 0.930. The summed E-state index contributed by atoms with van der Waals surface area (Å²) in [5.41, 5.74) is 1.16. The third-order valence-corrected chi connectivity index (χ3v) is 4.83. The summed E-state index contributed by atoms with van der Waals surface area (Å²) in [6, 6.07) is 8.17. The van der Waals surface area contributed by atoms with Crippen molar-refractivity contribution in [2.75, 3.05) is 51.3 Å². The second-order valence-electron chi connectivity index (χ2n) is 6.48. The molecule has 5 nitrogen and oxygen atoms in total. The number of piperazine rings is 1. The summed E-state index contributed by atoms with van der Waals surface area (Å²) in [7, 11) is 1.72. The summed E-state index contributed by atoms with van der Waals surface area (Å²) >= 11 is 0. The van der Waals surface area contributed by atoms with E-state index in [2.05, 4.69) is 21.9 Å². The van der Waals surface area contributed by atoms with E-state index in [9.17, 15) is 5.11 Å².